The zero-order valence-corrected chi connectivity index (χ0v) is 12.7. The molecule has 1 aromatic rings. The molecule has 1 saturated heterocycles. The van der Waals surface area contributed by atoms with Crippen molar-refractivity contribution in [1.29, 1.82) is 0 Å². The van der Waals surface area contributed by atoms with Crippen LogP contribution in [0.1, 0.15) is 48.5 Å². The van der Waals surface area contributed by atoms with Crippen molar-refractivity contribution in [2.75, 3.05) is 5.75 Å². The Balaban J connectivity index is 2.40. The van der Waals surface area contributed by atoms with Crippen LogP contribution < -0.4 is 0 Å². The molecule has 0 radical (unpaired) electrons. The molecule has 1 aliphatic rings. The summed E-state index contributed by atoms with van der Waals surface area (Å²) in [6, 6.07) is -0.795. The zero-order chi connectivity index (χ0) is 15.0. The highest BCUT2D eigenvalue weighted by Gasteiger charge is 2.41. The monoisotopic (exact) mass is 298 g/mol. The fraction of sp³-hybridized carbons (Fsp3) is 0.615. The summed E-state index contributed by atoms with van der Waals surface area (Å²) in [6.45, 7) is 7.36. The van der Waals surface area contributed by atoms with E-state index in [2.05, 4.69) is 5.16 Å². The van der Waals surface area contributed by atoms with Crippen LogP contribution in [0.15, 0.2) is 4.52 Å². The Labute approximate surface area is 121 Å². The molecule has 1 amide bonds. The number of amides is 1. The Morgan fingerprint density at radius 1 is 1.50 bits per heavy atom. The molecule has 0 spiro atoms. The second-order valence-corrected chi connectivity index (χ2v) is 6.51. The fourth-order valence-corrected chi connectivity index (χ4v) is 3.48. The Morgan fingerprint density at radius 3 is 2.70 bits per heavy atom. The van der Waals surface area contributed by atoms with Crippen LogP contribution in [-0.2, 0) is 4.79 Å². The van der Waals surface area contributed by atoms with E-state index in [9.17, 15) is 14.7 Å². The third-order valence-corrected chi connectivity index (χ3v) is 4.59. The van der Waals surface area contributed by atoms with E-state index in [1.54, 1.807) is 6.92 Å². The van der Waals surface area contributed by atoms with Gasteiger partial charge in [0.05, 0.1) is 11.1 Å². The third-order valence-electron chi connectivity index (χ3n) is 3.37. The molecule has 7 heteroatoms. The number of nitrogens with zero attached hydrogens (tertiary/aromatic N) is 2. The van der Waals surface area contributed by atoms with Crippen molar-refractivity contribution < 1.29 is 19.2 Å². The van der Waals surface area contributed by atoms with Gasteiger partial charge in [-0.05, 0) is 13.8 Å². The normalized spacial score (nSPS) is 22.6. The zero-order valence-electron chi connectivity index (χ0n) is 11.9. The predicted octanol–water partition coefficient (Wildman–Crippen LogP) is 2.09. The quantitative estimate of drug-likeness (QED) is 0.920. The van der Waals surface area contributed by atoms with Crippen molar-refractivity contribution in [2.45, 2.75) is 45.0 Å². The van der Waals surface area contributed by atoms with Crippen molar-refractivity contribution >= 4 is 23.6 Å². The lowest BCUT2D eigenvalue weighted by Crippen LogP contribution is -2.45. The van der Waals surface area contributed by atoms with Crippen molar-refractivity contribution in [3.63, 3.8) is 0 Å². The molecule has 0 bridgehead atoms. The molecule has 1 N–H and O–H groups in total. The Hall–Kier alpha value is -1.50. The standard InChI is InChI=1S/C13H18N2O4S/c1-6(2)11-10(7(3)14-19-11)12(16)15-8(4)20-5-9(15)13(17)18/h6,8-9H,5H2,1-4H3,(H,17,18). The van der Waals surface area contributed by atoms with Gasteiger partial charge in [0, 0.05) is 11.7 Å². The van der Waals surface area contributed by atoms with Gasteiger partial charge in [0.2, 0.25) is 0 Å². The van der Waals surface area contributed by atoms with Gasteiger partial charge in [-0.3, -0.25) is 4.79 Å². The van der Waals surface area contributed by atoms with Crippen LogP contribution in [0.5, 0.6) is 0 Å². The second kappa shape index (κ2) is 5.47. The first kappa shape index (κ1) is 14.9. The molecule has 2 unspecified atom stereocenters. The molecule has 6 nitrogen and oxygen atoms in total. The molecule has 2 heterocycles. The van der Waals surface area contributed by atoms with Crippen LogP contribution in [-0.4, -0.2) is 44.2 Å². The number of carbonyl (C=O) groups excluding carboxylic acids is 1. The van der Waals surface area contributed by atoms with E-state index >= 15 is 0 Å². The first-order valence-corrected chi connectivity index (χ1v) is 7.52. The average Bonchev–Trinajstić information content (AvgIpc) is 2.91. The number of aryl methyl sites for hydroxylation is 1. The van der Waals surface area contributed by atoms with Crippen LogP contribution in [0.2, 0.25) is 0 Å². The van der Waals surface area contributed by atoms with E-state index < -0.39 is 12.0 Å². The fourth-order valence-electron chi connectivity index (χ4n) is 2.31. The van der Waals surface area contributed by atoms with Crippen molar-refractivity contribution in [1.82, 2.24) is 10.1 Å². The number of hydrogen-bond acceptors (Lipinski definition) is 5. The van der Waals surface area contributed by atoms with Gasteiger partial charge in [0.1, 0.15) is 11.6 Å². The van der Waals surface area contributed by atoms with Gasteiger partial charge < -0.3 is 14.5 Å². The van der Waals surface area contributed by atoms with Crippen LogP contribution in [0.4, 0.5) is 0 Å². The van der Waals surface area contributed by atoms with Gasteiger partial charge in [-0.25, -0.2) is 4.79 Å². The lowest BCUT2D eigenvalue weighted by Gasteiger charge is -2.25. The highest BCUT2D eigenvalue weighted by Crippen LogP contribution is 2.33. The van der Waals surface area contributed by atoms with E-state index in [1.807, 2.05) is 20.8 Å². The van der Waals surface area contributed by atoms with E-state index in [4.69, 9.17) is 4.52 Å². The minimum Gasteiger partial charge on any atom is -0.480 e. The molecule has 0 aliphatic carbocycles. The number of carboxylic acid groups (broad SMARTS) is 1. The lowest BCUT2D eigenvalue weighted by atomic mass is 10.0. The molecule has 20 heavy (non-hydrogen) atoms. The average molecular weight is 298 g/mol. The highest BCUT2D eigenvalue weighted by molar-refractivity contribution is 8.00. The maximum atomic E-state index is 12.7. The molecule has 1 fully saturated rings. The van der Waals surface area contributed by atoms with E-state index in [1.165, 1.54) is 16.7 Å². The second-order valence-electron chi connectivity index (χ2n) is 5.16. The minimum atomic E-state index is -0.976. The van der Waals surface area contributed by atoms with Crippen LogP contribution in [0, 0.1) is 6.92 Å². The van der Waals surface area contributed by atoms with Crippen LogP contribution >= 0.6 is 11.8 Å². The number of carboxylic acids is 1. The molecule has 1 aromatic heterocycles. The van der Waals surface area contributed by atoms with Crippen LogP contribution in [0.3, 0.4) is 0 Å². The lowest BCUT2D eigenvalue weighted by molar-refractivity contribution is -0.141. The molecule has 2 rings (SSSR count). The molecule has 1 aliphatic heterocycles. The summed E-state index contributed by atoms with van der Waals surface area (Å²) in [5.41, 5.74) is 0.910. The summed E-state index contributed by atoms with van der Waals surface area (Å²) in [4.78, 5) is 25.4. The summed E-state index contributed by atoms with van der Waals surface area (Å²) in [5, 5.41) is 12.9. The number of aliphatic carboxylic acids is 1. The number of aromatic nitrogens is 1. The van der Waals surface area contributed by atoms with Gasteiger partial charge in [0.15, 0.2) is 5.76 Å². The minimum absolute atomic E-state index is 0.0176. The van der Waals surface area contributed by atoms with E-state index in [-0.39, 0.29) is 17.2 Å². The molecule has 110 valence electrons. The Morgan fingerprint density at radius 2 is 2.15 bits per heavy atom. The summed E-state index contributed by atoms with van der Waals surface area (Å²) >= 11 is 1.46. The largest absolute Gasteiger partial charge is 0.480 e. The van der Waals surface area contributed by atoms with Gasteiger partial charge in [-0.1, -0.05) is 19.0 Å². The maximum Gasteiger partial charge on any atom is 0.327 e. The van der Waals surface area contributed by atoms with Gasteiger partial charge in [-0.2, -0.15) is 0 Å². The Bertz CT molecular complexity index is 540. The summed E-state index contributed by atoms with van der Waals surface area (Å²) in [7, 11) is 0. The van der Waals surface area contributed by atoms with Crippen molar-refractivity contribution in [3.8, 4) is 0 Å². The summed E-state index contributed by atoms with van der Waals surface area (Å²) < 4.78 is 5.22. The van der Waals surface area contributed by atoms with Gasteiger partial charge in [-0.15, -0.1) is 11.8 Å². The van der Waals surface area contributed by atoms with Gasteiger partial charge >= 0.3 is 5.97 Å². The number of hydrogen-bond donors (Lipinski definition) is 1. The maximum absolute atomic E-state index is 12.7. The van der Waals surface area contributed by atoms with Crippen LogP contribution in [0.25, 0.3) is 0 Å². The SMILES string of the molecule is Cc1noc(C(C)C)c1C(=O)N1C(C)SCC1C(=O)O. The van der Waals surface area contributed by atoms with Crippen molar-refractivity contribution in [3.05, 3.63) is 17.0 Å². The Kier molecular flexibility index (Phi) is 4.08. The van der Waals surface area contributed by atoms with Crippen molar-refractivity contribution in [2.24, 2.45) is 0 Å². The smallest absolute Gasteiger partial charge is 0.327 e. The number of rotatable bonds is 3. The number of carbonyl (C=O) groups is 2. The highest BCUT2D eigenvalue weighted by atomic mass is 32.2. The van der Waals surface area contributed by atoms with E-state index in [0.717, 1.165) is 0 Å². The molecular formula is C13H18N2O4S. The summed E-state index contributed by atoms with van der Waals surface area (Å²) in [6.07, 6.45) is 0. The molecule has 0 aromatic carbocycles. The predicted molar refractivity (Wildman–Crippen MR) is 74.8 cm³/mol. The van der Waals surface area contributed by atoms with E-state index in [0.29, 0.717) is 22.8 Å². The van der Waals surface area contributed by atoms with Gasteiger partial charge in [0.25, 0.3) is 5.91 Å². The summed E-state index contributed by atoms with van der Waals surface area (Å²) in [5.74, 6) is -0.346. The molecular weight excluding hydrogens is 280 g/mol. The number of thioether (sulfide) groups is 1. The third kappa shape index (κ3) is 2.42. The topological polar surface area (TPSA) is 83.6 Å². The first-order chi connectivity index (χ1) is 9.34. The molecule has 0 saturated carbocycles. The first-order valence-electron chi connectivity index (χ1n) is 6.47. The molecule has 2 atom stereocenters.